The van der Waals surface area contributed by atoms with Crippen LogP contribution in [0.1, 0.15) is 82.4 Å². The summed E-state index contributed by atoms with van der Waals surface area (Å²) in [7, 11) is 0. The topological polar surface area (TPSA) is 16.1 Å². The highest BCUT2D eigenvalue weighted by Crippen LogP contribution is 2.38. The maximum Gasteiger partial charge on any atom is 0.0728 e. The lowest BCUT2D eigenvalue weighted by atomic mass is 9.88. The number of anilines is 1. The third-order valence-electron chi connectivity index (χ3n) is 6.08. The average molecular weight is 365 g/mol. The highest BCUT2D eigenvalue weighted by atomic mass is 15.2. The van der Waals surface area contributed by atoms with E-state index in [2.05, 4.69) is 63.1 Å². The Morgan fingerprint density at radius 2 is 1.59 bits per heavy atom. The van der Waals surface area contributed by atoms with E-state index in [1.165, 1.54) is 78.8 Å². The molecular formula is C25H36N2. The van der Waals surface area contributed by atoms with E-state index in [-0.39, 0.29) is 0 Å². The van der Waals surface area contributed by atoms with Gasteiger partial charge in [0.15, 0.2) is 0 Å². The summed E-state index contributed by atoms with van der Waals surface area (Å²) in [6.45, 7) is 11.5. The minimum atomic E-state index is 0.643. The predicted octanol–water partition coefficient (Wildman–Crippen LogP) is 6.77. The fraction of sp³-hybridized carbons (Fsp3) is 0.560. The third-order valence-corrected chi connectivity index (χ3v) is 6.08. The fourth-order valence-electron chi connectivity index (χ4n) is 4.46. The number of pyridine rings is 1. The lowest BCUT2D eigenvalue weighted by molar-refractivity contribution is 0.549. The molecule has 0 spiro atoms. The van der Waals surface area contributed by atoms with Crippen molar-refractivity contribution in [2.45, 2.75) is 78.6 Å². The van der Waals surface area contributed by atoms with Crippen LogP contribution in [0.5, 0.6) is 0 Å². The molecule has 0 atom stereocenters. The minimum Gasteiger partial charge on any atom is -0.371 e. The molecule has 1 aromatic heterocycles. The Kier molecular flexibility index (Phi) is 6.93. The third kappa shape index (κ3) is 4.20. The van der Waals surface area contributed by atoms with Crippen LogP contribution in [0, 0.1) is 0 Å². The molecule has 146 valence electrons. The Morgan fingerprint density at radius 3 is 2.07 bits per heavy atom. The van der Waals surface area contributed by atoms with Gasteiger partial charge in [0, 0.05) is 30.5 Å². The number of rotatable bonds is 9. The molecule has 0 unspecified atom stereocenters. The molecule has 1 saturated heterocycles. The number of benzene rings is 1. The van der Waals surface area contributed by atoms with Gasteiger partial charge in [-0.1, -0.05) is 58.7 Å². The molecule has 0 bridgehead atoms. The Morgan fingerprint density at radius 1 is 0.963 bits per heavy atom. The lowest BCUT2D eigenvalue weighted by Crippen LogP contribution is -2.38. The summed E-state index contributed by atoms with van der Waals surface area (Å²) in [6, 6.07) is 9.14. The van der Waals surface area contributed by atoms with Crippen molar-refractivity contribution in [2.75, 3.05) is 18.0 Å². The molecule has 2 aromatic rings. The highest BCUT2D eigenvalue weighted by molar-refractivity contribution is 5.73. The molecule has 2 heterocycles. The summed E-state index contributed by atoms with van der Waals surface area (Å²) in [5.41, 5.74) is 8.31. The van der Waals surface area contributed by atoms with Crippen LogP contribution in [0.25, 0.3) is 11.3 Å². The molecule has 0 aliphatic carbocycles. The van der Waals surface area contributed by atoms with Crippen molar-refractivity contribution in [3.8, 4) is 11.3 Å². The molecular weight excluding hydrogens is 328 g/mol. The summed E-state index contributed by atoms with van der Waals surface area (Å²) in [4.78, 5) is 7.59. The van der Waals surface area contributed by atoms with Crippen LogP contribution in [0.3, 0.4) is 0 Å². The molecule has 0 N–H and O–H groups in total. The largest absolute Gasteiger partial charge is 0.371 e. The molecule has 1 aliphatic rings. The van der Waals surface area contributed by atoms with E-state index in [1.807, 2.05) is 0 Å². The SMILES string of the molecule is CCCC(CCC)c1cnc(-c2c(CC)cccc2CC)cc1N1CCC1. The smallest absolute Gasteiger partial charge is 0.0728 e. The van der Waals surface area contributed by atoms with Crippen LogP contribution >= 0.6 is 0 Å². The maximum atomic E-state index is 5.03. The van der Waals surface area contributed by atoms with Gasteiger partial charge in [0.05, 0.1) is 5.69 Å². The molecule has 1 aromatic carbocycles. The van der Waals surface area contributed by atoms with Crippen molar-refractivity contribution in [2.24, 2.45) is 0 Å². The van der Waals surface area contributed by atoms with Crippen LogP contribution in [-0.2, 0) is 12.8 Å². The van der Waals surface area contributed by atoms with Crippen molar-refractivity contribution in [3.63, 3.8) is 0 Å². The second-order valence-electron chi connectivity index (χ2n) is 7.90. The first kappa shape index (κ1) is 19.9. The van der Waals surface area contributed by atoms with Gasteiger partial charge in [-0.2, -0.15) is 0 Å². The number of hydrogen-bond acceptors (Lipinski definition) is 2. The van der Waals surface area contributed by atoms with E-state index in [0.717, 1.165) is 12.8 Å². The quantitative estimate of drug-likeness (QED) is 0.488. The zero-order valence-electron chi connectivity index (χ0n) is 17.7. The summed E-state index contributed by atoms with van der Waals surface area (Å²) in [5.74, 6) is 0.643. The summed E-state index contributed by atoms with van der Waals surface area (Å²) < 4.78 is 0. The zero-order chi connectivity index (χ0) is 19.2. The number of aryl methyl sites for hydroxylation is 2. The number of aromatic nitrogens is 1. The van der Waals surface area contributed by atoms with Crippen LogP contribution < -0.4 is 4.90 Å². The van der Waals surface area contributed by atoms with Gasteiger partial charge < -0.3 is 4.90 Å². The number of nitrogens with zero attached hydrogens (tertiary/aromatic N) is 2. The first-order valence-electron chi connectivity index (χ1n) is 11.1. The second kappa shape index (κ2) is 9.39. The summed E-state index contributed by atoms with van der Waals surface area (Å²) >= 11 is 0. The Bertz CT molecular complexity index is 718. The average Bonchev–Trinajstić information content (AvgIpc) is 2.66. The van der Waals surface area contributed by atoms with Gasteiger partial charge in [-0.15, -0.1) is 0 Å². The second-order valence-corrected chi connectivity index (χ2v) is 7.90. The lowest BCUT2D eigenvalue weighted by Gasteiger charge is -2.36. The van der Waals surface area contributed by atoms with Gasteiger partial charge in [-0.05, 0) is 60.8 Å². The van der Waals surface area contributed by atoms with Gasteiger partial charge in [0.2, 0.25) is 0 Å². The van der Waals surface area contributed by atoms with Crippen molar-refractivity contribution >= 4 is 5.69 Å². The monoisotopic (exact) mass is 364 g/mol. The molecule has 0 radical (unpaired) electrons. The van der Waals surface area contributed by atoms with E-state index < -0.39 is 0 Å². The molecule has 1 aliphatic heterocycles. The maximum absolute atomic E-state index is 5.03. The van der Waals surface area contributed by atoms with Gasteiger partial charge >= 0.3 is 0 Å². The summed E-state index contributed by atoms with van der Waals surface area (Å²) in [6.07, 6.45) is 10.7. The molecule has 1 fully saturated rings. The Balaban J connectivity index is 2.09. The number of hydrogen-bond donors (Lipinski definition) is 0. The van der Waals surface area contributed by atoms with Crippen LogP contribution in [0.2, 0.25) is 0 Å². The van der Waals surface area contributed by atoms with Crippen molar-refractivity contribution in [3.05, 3.63) is 47.2 Å². The van der Waals surface area contributed by atoms with Crippen LogP contribution in [0.4, 0.5) is 5.69 Å². The van der Waals surface area contributed by atoms with E-state index in [0.29, 0.717) is 5.92 Å². The fourth-order valence-corrected chi connectivity index (χ4v) is 4.46. The van der Waals surface area contributed by atoms with E-state index >= 15 is 0 Å². The Labute approximate surface area is 166 Å². The molecule has 27 heavy (non-hydrogen) atoms. The van der Waals surface area contributed by atoms with Crippen molar-refractivity contribution in [1.29, 1.82) is 0 Å². The normalized spacial score (nSPS) is 13.9. The highest BCUT2D eigenvalue weighted by Gasteiger charge is 2.24. The summed E-state index contributed by atoms with van der Waals surface area (Å²) in [5, 5.41) is 0. The van der Waals surface area contributed by atoms with E-state index in [4.69, 9.17) is 4.98 Å². The van der Waals surface area contributed by atoms with Crippen molar-refractivity contribution < 1.29 is 0 Å². The standard InChI is InChI=1S/C25H36N2/c1-5-11-21(12-6-2)22-18-26-23(17-24(22)27-15-10-16-27)25-19(7-3)13-9-14-20(25)8-4/h9,13-14,17-18,21H,5-8,10-12,15-16H2,1-4H3. The van der Waals surface area contributed by atoms with Crippen molar-refractivity contribution in [1.82, 2.24) is 4.98 Å². The van der Waals surface area contributed by atoms with Crippen LogP contribution in [-0.4, -0.2) is 18.1 Å². The minimum absolute atomic E-state index is 0.643. The van der Waals surface area contributed by atoms with E-state index in [9.17, 15) is 0 Å². The molecule has 0 amide bonds. The Hall–Kier alpha value is -1.83. The molecule has 2 heteroatoms. The zero-order valence-corrected chi connectivity index (χ0v) is 17.7. The van der Waals surface area contributed by atoms with E-state index in [1.54, 1.807) is 0 Å². The molecule has 0 saturated carbocycles. The molecule has 3 rings (SSSR count). The predicted molar refractivity (Wildman–Crippen MR) is 118 cm³/mol. The first-order valence-corrected chi connectivity index (χ1v) is 11.1. The first-order chi connectivity index (χ1) is 13.2. The van der Waals surface area contributed by atoms with Crippen LogP contribution in [0.15, 0.2) is 30.5 Å². The van der Waals surface area contributed by atoms with Gasteiger partial charge in [-0.25, -0.2) is 0 Å². The van der Waals surface area contributed by atoms with Gasteiger partial charge in [-0.3, -0.25) is 4.98 Å². The van der Waals surface area contributed by atoms with Gasteiger partial charge in [0.1, 0.15) is 0 Å². The van der Waals surface area contributed by atoms with Gasteiger partial charge in [0.25, 0.3) is 0 Å². The molecule has 2 nitrogen and oxygen atoms in total.